The molecule has 1 aromatic rings. The summed E-state index contributed by atoms with van der Waals surface area (Å²) in [6.45, 7) is 5.73. The van der Waals surface area contributed by atoms with Gasteiger partial charge in [0.2, 0.25) is 0 Å². The van der Waals surface area contributed by atoms with Crippen molar-refractivity contribution in [3.8, 4) is 0 Å². The van der Waals surface area contributed by atoms with Gasteiger partial charge in [-0.1, -0.05) is 34.1 Å². The Labute approximate surface area is 138 Å². The number of hydrogen-bond acceptors (Lipinski definition) is 3. The predicted octanol–water partition coefficient (Wildman–Crippen LogP) is 0.162. The van der Waals surface area contributed by atoms with Gasteiger partial charge in [0.25, 0.3) is 0 Å². The molecule has 0 aliphatic carbocycles. The van der Waals surface area contributed by atoms with Crippen LogP contribution in [-0.2, 0) is 4.74 Å². The van der Waals surface area contributed by atoms with Crippen LogP contribution in [0.2, 0.25) is 0 Å². The monoisotopic (exact) mass is 371 g/mol. The zero-order chi connectivity index (χ0) is 14.9. The van der Waals surface area contributed by atoms with E-state index in [4.69, 9.17) is 17.0 Å². The molecule has 1 saturated heterocycles. The van der Waals surface area contributed by atoms with Gasteiger partial charge < -0.3 is 15.0 Å². The standard InChI is InChI=1S/C14H19BrN4OS/c15-13-4-2-1-3-12(13)11-17-18-14(21)16-5-6-19-7-9-20-10-8-19/h1-4,11H,5-10H2,(H2,16,18,21)/p+1. The summed E-state index contributed by atoms with van der Waals surface area (Å²) in [6, 6.07) is 7.89. The second-order valence-corrected chi connectivity index (χ2v) is 6.02. The Morgan fingerprint density at radius 1 is 1.38 bits per heavy atom. The van der Waals surface area contributed by atoms with Gasteiger partial charge in [-0.2, -0.15) is 5.10 Å². The molecule has 114 valence electrons. The molecule has 1 fully saturated rings. The van der Waals surface area contributed by atoms with Gasteiger partial charge in [-0.15, -0.1) is 0 Å². The lowest BCUT2D eigenvalue weighted by Crippen LogP contribution is -3.14. The number of halogens is 1. The SMILES string of the molecule is S=C(NCC[NH+]1CCOCC1)NN=Cc1ccccc1Br. The Hall–Kier alpha value is -1.02. The summed E-state index contributed by atoms with van der Waals surface area (Å²) in [5, 5.41) is 7.84. The van der Waals surface area contributed by atoms with E-state index in [1.807, 2.05) is 24.3 Å². The number of quaternary nitrogens is 1. The van der Waals surface area contributed by atoms with Crippen molar-refractivity contribution in [1.29, 1.82) is 0 Å². The number of hydrogen-bond donors (Lipinski definition) is 3. The molecule has 1 aliphatic heterocycles. The van der Waals surface area contributed by atoms with E-state index >= 15 is 0 Å². The predicted molar refractivity (Wildman–Crippen MR) is 91.9 cm³/mol. The molecule has 0 atom stereocenters. The number of benzene rings is 1. The first-order valence-corrected chi connectivity index (χ1v) is 8.18. The van der Waals surface area contributed by atoms with Gasteiger partial charge in [-0.05, 0) is 18.3 Å². The van der Waals surface area contributed by atoms with Crippen LogP contribution in [0.4, 0.5) is 0 Å². The van der Waals surface area contributed by atoms with Crippen LogP contribution in [0.3, 0.4) is 0 Å². The molecule has 3 N–H and O–H groups in total. The molecule has 0 bridgehead atoms. The van der Waals surface area contributed by atoms with Crippen LogP contribution in [0.1, 0.15) is 5.56 Å². The maximum Gasteiger partial charge on any atom is 0.187 e. The normalized spacial score (nSPS) is 16.0. The van der Waals surface area contributed by atoms with Gasteiger partial charge in [0.1, 0.15) is 13.1 Å². The number of ether oxygens (including phenoxy) is 1. The first-order chi connectivity index (χ1) is 10.3. The van der Waals surface area contributed by atoms with Crippen molar-refractivity contribution in [2.75, 3.05) is 39.4 Å². The number of morpholine rings is 1. The molecule has 21 heavy (non-hydrogen) atoms. The summed E-state index contributed by atoms with van der Waals surface area (Å²) in [5.74, 6) is 0. The van der Waals surface area contributed by atoms with Crippen molar-refractivity contribution in [2.24, 2.45) is 5.10 Å². The molecule has 0 unspecified atom stereocenters. The summed E-state index contributed by atoms with van der Waals surface area (Å²) in [6.07, 6.45) is 1.74. The minimum Gasteiger partial charge on any atom is -0.370 e. The third-order valence-corrected chi connectivity index (χ3v) is 4.20. The molecule has 0 saturated carbocycles. The van der Waals surface area contributed by atoms with E-state index in [9.17, 15) is 0 Å². The summed E-state index contributed by atoms with van der Waals surface area (Å²) in [5.41, 5.74) is 3.84. The average Bonchev–Trinajstić information content (AvgIpc) is 2.50. The maximum atomic E-state index is 5.33. The fraction of sp³-hybridized carbons (Fsp3) is 0.429. The minimum atomic E-state index is 0.547. The number of hydrazone groups is 1. The van der Waals surface area contributed by atoms with Crippen molar-refractivity contribution in [3.05, 3.63) is 34.3 Å². The first-order valence-electron chi connectivity index (χ1n) is 6.98. The molecule has 0 aromatic heterocycles. The summed E-state index contributed by atoms with van der Waals surface area (Å²) in [7, 11) is 0. The highest BCUT2D eigenvalue weighted by molar-refractivity contribution is 9.10. The fourth-order valence-electron chi connectivity index (χ4n) is 2.04. The minimum absolute atomic E-state index is 0.547. The largest absolute Gasteiger partial charge is 0.370 e. The first kappa shape index (κ1) is 16.4. The average molecular weight is 372 g/mol. The van der Waals surface area contributed by atoms with Crippen LogP contribution >= 0.6 is 28.1 Å². The van der Waals surface area contributed by atoms with Gasteiger partial charge >= 0.3 is 0 Å². The summed E-state index contributed by atoms with van der Waals surface area (Å²) >= 11 is 8.66. The van der Waals surface area contributed by atoms with Gasteiger partial charge in [0.15, 0.2) is 5.11 Å². The smallest absolute Gasteiger partial charge is 0.187 e. The second-order valence-electron chi connectivity index (χ2n) is 4.76. The zero-order valence-corrected chi connectivity index (χ0v) is 14.2. The molecule has 0 radical (unpaired) electrons. The Morgan fingerprint density at radius 2 is 2.14 bits per heavy atom. The third-order valence-electron chi connectivity index (χ3n) is 3.24. The second kappa shape index (κ2) is 9.09. The van der Waals surface area contributed by atoms with Gasteiger partial charge in [-0.3, -0.25) is 5.43 Å². The zero-order valence-electron chi connectivity index (χ0n) is 11.8. The molecule has 7 heteroatoms. The van der Waals surface area contributed by atoms with Gasteiger partial charge in [0, 0.05) is 10.0 Å². The molecular formula is C14H20BrN4OS+. The Morgan fingerprint density at radius 3 is 2.90 bits per heavy atom. The maximum absolute atomic E-state index is 5.33. The molecule has 0 spiro atoms. The Balaban J connectivity index is 1.64. The van der Waals surface area contributed by atoms with Crippen molar-refractivity contribution in [1.82, 2.24) is 10.7 Å². The van der Waals surface area contributed by atoms with E-state index in [-0.39, 0.29) is 0 Å². The van der Waals surface area contributed by atoms with Crippen molar-refractivity contribution in [2.45, 2.75) is 0 Å². The molecule has 5 nitrogen and oxygen atoms in total. The van der Waals surface area contributed by atoms with Crippen LogP contribution in [0.25, 0.3) is 0 Å². The summed E-state index contributed by atoms with van der Waals surface area (Å²) < 4.78 is 6.33. The van der Waals surface area contributed by atoms with Crippen molar-refractivity contribution in [3.63, 3.8) is 0 Å². The number of thiocarbonyl (C=S) groups is 1. The third kappa shape index (κ3) is 6.09. The van der Waals surface area contributed by atoms with E-state index < -0.39 is 0 Å². The van der Waals surface area contributed by atoms with Crippen LogP contribution in [0.15, 0.2) is 33.8 Å². The fourth-order valence-corrected chi connectivity index (χ4v) is 2.58. The summed E-state index contributed by atoms with van der Waals surface area (Å²) in [4.78, 5) is 1.55. The Bertz CT molecular complexity index is 492. The molecule has 0 amide bonds. The quantitative estimate of drug-likeness (QED) is 0.392. The molecular weight excluding hydrogens is 352 g/mol. The topological polar surface area (TPSA) is 50.1 Å². The van der Waals surface area contributed by atoms with E-state index in [1.165, 1.54) is 0 Å². The highest BCUT2D eigenvalue weighted by Crippen LogP contribution is 2.13. The number of rotatable bonds is 5. The highest BCUT2D eigenvalue weighted by Gasteiger charge is 2.12. The highest BCUT2D eigenvalue weighted by atomic mass is 79.9. The van der Waals surface area contributed by atoms with Crippen molar-refractivity contribution >= 4 is 39.5 Å². The molecule has 1 heterocycles. The van der Waals surface area contributed by atoms with E-state index in [0.29, 0.717) is 5.11 Å². The van der Waals surface area contributed by atoms with E-state index in [2.05, 4.69) is 31.8 Å². The lowest BCUT2D eigenvalue weighted by atomic mass is 10.2. The lowest BCUT2D eigenvalue weighted by molar-refractivity contribution is -0.906. The molecule has 1 aliphatic rings. The van der Waals surface area contributed by atoms with Crippen LogP contribution < -0.4 is 15.6 Å². The number of nitrogens with zero attached hydrogens (tertiary/aromatic N) is 1. The van der Waals surface area contributed by atoms with Crippen LogP contribution in [-0.4, -0.2) is 50.7 Å². The number of nitrogens with one attached hydrogen (secondary N) is 3. The van der Waals surface area contributed by atoms with E-state index in [1.54, 1.807) is 11.1 Å². The molecule has 2 rings (SSSR count). The Kier molecular flexibility index (Phi) is 7.08. The lowest BCUT2D eigenvalue weighted by Gasteiger charge is -2.23. The van der Waals surface area contributed by atoms with Gasteiger partial charge in [0.05, 0.1) is 32.5 Å². The van der Waals surface area contributed by atoms with Crippen LogP contribution in [0, 0.1) is 0 Å². The van der Waals surface area contributed by atoms with E-state index in [0.717, 1.165) is 49.4 Å². The molecule has 1 aromatic carbocycles. The van der Waals surface area contributed by atoms with Crippen molar-refractivity contribution < 1.29 is 9.64 Å². The van der Waals surface area contributed by atoms with Crippen LogP contribution in [0.5, 0.6) is 0 Å². The van der Waals surface area contributed by atoms with Gasteiger partial charge in [-0.25, -0.2) is 0 Å².